The average Bonchev–Trinajstić information content (AvgIpc) is 2.65. The maximum absolute atomic E-state index is 5.46. The Bertz CT molecular complexity index is 328. The molecule has 2 nitrogen and oxygen atoms in total. The SMILES string of the molecule is CC1(CNCc2ccc(Br)o2)CCCCC1. The summed E-state index contributed by atoms with van der Waals surface area (Å²) >= 11 is 3.32. The molecule has 1 saturated carbocycles. The fraction of sp³-hybridized carbons (Fsp3) is 0.692. The highest BCUT2D eigenvalue weighted by atomic mass is 79.9. The van der Waals surface area contributed by atoms with E-state index in [0.29, 0.717) is 5.41 Å². The minimum atomic E-state index is 0.502. The zero-order valence-electron chi connectivity index (χ0n) is 9.89. The van der Waals surface area contributed by atoms with Gasteiger partial charge in [0, 0.05) is 6.54 Å². The van der Waals surface area contributed by atoms with E-state index in [-0.39, 0.29) is 0 Å². The predicted molar refractivity (Wildman–Crippen MR) is 69.3 cm³/mol. The van der Waals surface area contributed by atoms with E-state index in [9.17, 15) is 0 Å². The van der Waals surface area contributed by atoms with Crippen LogP contribution in [0.3, 0.4) is 0 Å². The molecule has 1 aromatic heterocycles. The van der Waals surface area contributed by atoms with Crippen LogP contribution in [-0.4, -0.2) is 6.54 Å². The first-order chi connectivity index (χ1) is 7.68. The largest absolute Gasteiger partial charge is 0.453 e. The summed E-state index contributed by atoms with van der Waals surface area (Å²) in [7, 11) is 0. The molecule has 0 bridgehead atoms. The van der Waals surface area contributed by atoms with Crippen molar-refractivity contribution < 1.29 is 4.42 Å². The number of nitrogens with one attached hydrogen (secondary N) is 1. The third kappa shape index (κ3) is 3.36. The smallest absolute Gasteiger partial charge is 0.169 e. The van der Waals surface area contributed by atoms with Crippen LogP contribution in [0.15, 0.2) is 21.2 Å². The van der Waals surface area contributed by atoms with Crippen molar-refractivity contribution in [2.75, 3.05) is 6.54 Å². The lowest BCUT2D eigenvalue weighted by atomic mass is 9.76. The lowest BCUT2D eigenvalue weighted by Gasteiger charge is -2.33. The Hall–Kier alpha value is -0.280. The van der Waals surface area contributed by atoms with Crippen LogP contribution in [-0.2, 0) is 6.54 Å². The van der Waals surface area contributed by atoms with Gasteiger partial charge in [0.25, 0.3) is 0 Å². The summed E-state index contributed by atoms with van der Waals surface area (Å²) in [6, 6.07) is 3.96. The molecule has 0 unspecified atom stereocenters. The molecule has 3 heteroatoms. The van der Waals surface area contributed by atoms with Crippen LogP contribution in [0.2, 0.25) is 0 Å². The van der Waals surface area contributed by atoms with Crippen molar-refractivity contribution in [1.29, 1.82) is 0 Å². The standard InChI is InChI=1S/C13H20BrNO/c1-13(7-3-2-4-8-13)10-15-9-11-5-6-12(14)16-11/h5-6,15H,2-4,7-10H2,1H3. The molecule has 1 aliphatic rings. The van der Waals surface area contributed by atoms with E-state index in [4.69, 9.17) is 4.42 Å². The highest BCUT2D eigenvalue weighted by Crippen LogP contribution is 2.34. The molecule has 1 aliphatic carbocycles. The van der Waals surface area contributed by atoms with E-state index in [2.05, 4.69) is 28.2 Å². The summed E-state index contributed by atoms with van der Waals surface area (Å²) in [5.41, 5.74) is 0.502. The van der Waals surface area contributed by atoms with Gasteiger partial charge in [-0.2, -0.15) is 0 Å². The van der Waals surface area contributed by atoms with Gasteiger partial charge in [-0.3, -0.25) is 0 Å². The van der Waals surface area contributed by atoms with Gasteiger partial charge in [0.2, 0.25) is 0 Å². The van der Waals surface area contributed by atoms with E-state index in [1.165, 1.54) is 32.1 Å². The maximum Gasteiger partial charge on any atom is 0.169 e. The number of hydrogen-bond donors (Lipinski definition) is 1. The average molecular weight is 286 g/mol. The van der Waals surface area contributed by atoms with Gasteiger partial charge in [-0.1, -0.05) is 26.2 Å². The fourth-order valence-electron chi connectivity index (χ4n) is 2.52. The van der Waals surface area contributed by atoms with E-state index < -0.39 is 0 Å². The second kappa shape index (κ2) is 5.37. The topological polar surface area (TPSA) is 25.2 Å². The van der Waals surface area contributed by atoms with E-state index in [0.717, 1.165) is 23.5 Å². The molecule has 0 aliphatic heterocycles. The minimum Gasteiger partial charge on any atom is -0.453 e. The van der Waals surface area contributed by atoms with Gasteiger partial charge in [0.15, 0.2) is 4.67 Å². The van der Waals surface area contributed by atoms with Crippen molar-refractivity contribution in [3.63, 3.8) is 0 Å². The van der Waals surface area contributed by atoms with Gasteiger partial charge < -0.3 is 9.73 Å². The summed E-state index contributed by atoms with van der Waals surface area (Å²) in [5.74, 6) is 1.01. The molecule has 1 fully saturated rings. The minimum absolute atomic E-state index is 0.502. The third-order valence-electron chi connectivity index (χ3n) is 3.54. The molecule has 1 aromatic rings. The van der Waals surface area contributed by atoms with Gasteiger partial charge in [-0.05, 0) is 46.3 Å². The highest BCUT2D eigenvalue weighted by Gasteiger charge is 2.26. The summed E-state index contributed by atoms with van der Waals surface area (Å²) in [6.07, 6.45) is 6.93. The second-order valence-electron chi connectivity index (χ2n) is 5.18. The number of rotatable bonds is 4. The lowest BCUT2D eigenvalue weighted by molar-refractivity contribution is 0.205. The number of furan rings is 1. The number of hydrogen-bond acceptors (Lipinski definition) is 2. The first-order valence-corrected chi connectivity index (χ1v) is 6.92. The van der Waals surface area contributed by atoms with Gasteiger partial charge >= 0.3 is 0 Å². The van der Waals surface area contributed by atoms with Gasteiger partial charge in [-0.25, -0.2) is 0 Å². The molecule has 90 valence electrons. The number of halogens is 1. The zero-order chi connectivity index (χ0) is 11.4. The molecule has 0 saturated heterocycles. The van der Waals surface area contributed by atoms with Crippen molar-refractivity contribution in [3.8, 4) is 0 Å². The molecule has 1 N–H and O–H groups in total. The van der Waals surface area contributed by atoms with Crippen molar-refractivity contribution in [2.24, 2.45) is 5.41 Å². The van der Waals surface area contributed by atoms with Crippen LogP contribution in [0, 0.1) is 5.41 Å². The summed E-state index contributed by atoms with van der Waals surface area (Å²) in [5, 5.41) is 3.51. The normalized spacial score (nSPS) is 19.9. The fourth-order valence-corrected chi connectivity index (χ4v) is 2.86. The summed E-state index contributed by atoms with van der Waals surface area (Å²) in [4.78, 5) is 0. The molecule has 0 atom stereocenters. The monoisotopic (exact) mass is 285 g/mol. The molecule has 1 heterocycles. The third-order valence-corrected chi connectivity index (χ3v) is 3.97. The Balaban J connectivity index is 1.74. The first kappa shape index (κ1) is 12.2. The maximum atomic E-state index is 5.46. The van der Waals surface area contributed by atoms with E-state index in [1.807, 2.05) is 12.1 Å². The Morgan fingerprint density at radius 3 is 2.69 bits per heavy atom. The predicted octanol–water partition coefficient (Wildman–Crippen LogP) is 4.10. The van der Waals surface area contributed by atoms with Gasteiger partial charge in [0.1, 0.15) is 5.76 Å². The summed E-state index contributed by atoms with van der Waals surface area (Å²) < 4.78 is 6.27. The Morgan fingerprint density at radius 1 is 1.31 bits per heavy atom. The second-order valence-corrected chi connectivity index (χ2v) is 5.96. The Kier molecular flexibility index (Phi) is 4.09. The molecule has 16 heavy (non-hydrogen) atoms. The van der Waals surface area contributed by atoms with E-state index in [1.54, 1.807) is 0 Å². The zero-order valence-corrected chi connectivity index (χ0v) is 11.5. The van der Waals surface area contributed by atoms with Crippen molar-refractivity contribution in [3.05, 3.63) is 22.6 Å². The molecule has 2 rings (SSSR count). The van der Waals surface area contributed by atoms with Crippen molar-refractivity contribution in [2.45, 2.75) is 45.6 Å². The summed E-state index contributed by atoms with van der Waals surface area (Å²) in [6.45, 7) is 4.34. The molecule has 0 radical (unpaired) electrons. The molecule has 0 aromatic carbocycles. The van der Waals surface area contributed by atoms with Gasteiger partial charge in [0.05, 0.1) is 6.54 Å². The van der Waals surface area contributed by atoms with Crippen LogP contribution in [0.5, 0.6) is 0 Å². The molecule has 0 spiro atoms. The van der Waals surface area contributed by atoms with Crippen LogP contribution < -0.4 is 5.32 Å². The van der Waals surface area contributed by atoms with Crippen LogP contribution in [0.1, 0.15) is 44.8 Å². The molecular formula is C13H20BrNO. The highest BCUT2D eigenvalue weighted by molar-refractivity contribution is 9.10. The van der Waals surface area contributed by atoms with Crippen LogP contribution in [0.25, 0.3) is 0 Å². The molecule has 0 amide bonds. The van der Waals surface area contributed by atoms with Crippen LogP contribution >= 0.6 is 15.9 Å². The lowest BCUT2D eigenvalue weighted by Crippen LogP contribution is -2.33. The quantitative estimate of drug-likeness (QED) is 0.901. The van der Waals surface area contributed by atoms with Crippen LogP contribution in [0.4, 0.5) is 0 Å². The van der Waals surface area contributed by atoms with E-state index >= 15 is 0 Å². The first-order valence-electron chi connectivity index (χ1n) is 6.13. The molecular weight excluding hydrogens is 266 g/mol. The van der Waals surface area contributed by atoms with Crippen molar-refractivity contribution in [1.82, 2.24) is 5.32 Å². The van der Waals surface area contributed by atoms with Gasteiger partial charge in [-0.15, -0.1) is 0 Å². The Labute approximate surface area is 106 Å². The van der Waals surface area contributed by atoms with Crippen molar-refractivity contribution >= 4 is 15.9 Å². The Morgan fingerprint density at radius 2 is 2.06 bits per heavy atom.